The van der Waals surface area contributed by atoms with E-state index in [1.54, 1.807) is 6.33 Å². The molecule has 7 nitrogen and oxygen atoms in total. The predicted molar refractivity (Wildman–Crippen MR) is 128 cm³/mol. The molecule has 2 aliphatic rings. The number of nitrogens with one attached hydrogen (secondary N) is 1. The van der Waals surface area contributed by atoms with Gasteiger partial charge in [-0.1, -0.05) is 42.5 Å². The van der Waals surface area contributed by atoms with Crippen molar-refractivity contribution in [3.8, 4) is 0 Å². The Labute approximate surface area is 192 Å². The molecule has 2 aliphatic heterocycles. The fourth-order valence-electron chi connectivity index (χ4n) is 5.60. The molecule has 2 aromatic heterocycles. The van der Waals surface area contributed by atoms with Gasteiger partial charge in [-0.05, 0) is 41.7 Å². The number of fused-ring (bicyclic) bond motifs is 3. The summed E-state index contributed by atoms with van der Waals surface area (Å²) in [7, 11) is 0. The van der Waals surface area contributed by atoms with Crippen LogP contribution >= 0.6 is 0 Å². The van der Waals surface area contributed by atoms with Crippen LogP contribution in [0.4, 0.5) is 10.6 Å². The number of carbonyl (C=O) groups is 1. The number of anilines is 1. The van der Waals surface area contributed by atoms with E-state index < -0.39 is 0 Å². The monoisotopic (exact) mass is 441 g/mol. The van der Waals surface area contributed by atoms with E-state index in [0.717, 1.165) is 49.2 Å². The molecule has 1 amide bonds. The van der Waals surface area contributed by atoms with E-state index in [4.69, 9.17) is 4.74 Å². The zero-order chi connectivity index (χ0) is 22.2. The average Bonchev–Trinajstić information content (AvgIpc) is 3.51. The molecule has 2 aromatic carbocycles. The van der Waals surface area contributed by atoms with Crippen molar-refractivity contribution in [1.82, 2.24) is 19.9 Å². The first-order valence-corrected chi connectivity index (χ1v) is 11.7. The number of ether oxygens (including phenoxy) is 1. The van der Waals surface area contributed by atoms with Crippen LogP contribution in [0.25, 0.3) is 21.8 Å². The molecule has 2 saturated heterocycles. The lowest BCUT2D eigenvalue weighted by Crippen LogP contribution is -2.52. The lowest BCUT2D eigenvalue weighted by Gasteiger charge is -2.39. The summed E-state index contributed by atoms with van der Waals surface area (Å²) >= 11 is 0. The van der Waals surface area contributed by atoms with E-state index in [1.807, 2.05) is 23.2 Å². The normalized spacial score (nSPS) is 20.4. The van der Waals surface area contributed by atoms with Crippen molar-refractivity contribution in [2.45, 2.75) is 37.8 Å². The lowest BCUT2D eigenvalue weighted by molar-refractivity contribution is 0.0730. The zero-order valence-corrected chi connectivity index (χ0v) is 18.5. The maximum absolute atomic E-state index is 13.1. The molecule has 4 aromatic rings. The first kappa shape index (κ1) is 20.0. The van der Waals surface area contributed by atoms with Crippen molar-refractivity contribution < 1.29 is 9.53 Å². The Morgan fingerprint density at radius 1 is 1.00 bits per heavy atom. The number of benzene rings is 2. The number of aromatic nitrogens is 3. The Morgan fingerprint density at radius 3 is 2.88 bits per heavy atom. The van der Waals surface area contributed by atoms with Gasteiger partial charge in [-0.15, -0.1) is 0 Å². The van der Waals surface area contributed by atoms with Gasteiger partial charge in [0.1, 0.15) is 17.8 Å². The summed E-state index contributed by atoms with van der Waals surface area (Å²) < 4.78 is 5.78. The van der Waals surface area contributed by atoms with Crippen LogP contribution in [0.5, 0.6) is 0 Å². The highest BCUT2D eigenvalue weighted by Gasteiger charge is 2.43. The standard InChI is InChI=1S/C26H27N5O2/c32-26(33-16-12-19-7-3-6-18-5-1-2-8-20(18)19)31-14-4-9-22-23(31)11-15-30(22)25-21-10-13-27-24(21)28-17-29-25/h1-3,5-8,10,13,17,22-23H,4,9,11-12,14-16H2,(H,27,28,29)/t22-,23-/m1/s1. The summed E-state index contributed by atoms with van der Waals surface area (Å²) in [6.45, 7) is 2.03. The quantitative estimate of drug-likeness (QED) is 0.504. The zero-order valence-electron chi connectivity index (χ0n) is 18.5. The molecule has 0 saturated carbocycles. The van der Waals surface area contributed by atoms with E-state index >= 15 is 0 Å². The van der Waals surface area contributed by atoms with Gasteiger partial charge >= 0.3 is 6.09 Å². The third-order valence-electron chi connectivity index (χ3n) is 7.13. The number of rotatable bonds is 4. The molecule has 6 rings (SSSR count). The highest BCUT2D eigenvalue weighted by Crippen LogP contribution is 2.36. The van der Waals surface area contributed by atoms with Gasteiger partial charge in [0.05, 0.1) is 24.1 Å². The maximum atomic E-state index is 13.1. The summed E-state index contributed by atoms with van der Waals surface area (Å²) in [5.74, 6) is 0.958. The van der Waals surface area contributed by atoms with Gasteiger partial charge in [0.25, 0.3) is 0 Å². The first-order valence-electron chi connectivity index (χ1n) is 11.7. The number of aromatic amines is 1. The van der Waals surface area contributed by atoms with Crippen molar-refractivity contribution >= 4 is 33.7 Å². The van der Waals surface area contributed by atoms with Crippen LogP contribution < -0.4 is 4.90 Å². The third-order valence-corrected chi connectivity index (χ3v) is 7.13. The van der Waals surface area contributed by atoms with Crippen molar-refractivity contribution in [3.05, 3.63) is 66.6 Å². The van der Waals surface area contributed by atoms with E-state index in [9.17, 15) is 4.79 Å². The van der Waals surface area contributed by atoms with Crippen molar-refractivity contribution in [2.75, 3.05) is 24.6 Å². The maximum Gasteiger partial charge on any atom is 0.410 e. The predicted octanol–water partition coefficient (Wildman–Crippen LogP) is 4.53. The largest absolute Gasteiger partial charge is 0.449 e. The van der Waals surface area contributed by atoms with Gasteiger partial charge in [0.15, 0.2) is 0 Å². The summed E-state index contributed by atoms with van der Waals surface area (Å²) in [5.41, 5.74) is 2.06. The molecule has 2 atom stereocenters. The third kappa shape index (κ3) is 3.57. The minimum Gasteiger partial charge on any atom is -0.449 e. The van der Waals surface area contributed by atoms with Gasteiger partial charge < -0.3 is 19.5 Å². The Balaban J connectivity index is 1.14. The van der Waals surface area contributed by atoms with Gasteiger partial charge in [-0.25, -0.2) is 14.8 Å². The van der Waals surface area contributed by atoms with E-state index in [2.05, 4.69) is 56.3 Å². The second-order valence-electron chi connectivity index (χ2n) is 8.89. The molecule has 0 aliphatic carbocycles. The smallest absolute Gasteiger partial charge is 0.410 e. The minimum atomic E-state index is -0.193. The number of hydrogen-bond acceptors (Lipinski definition) is 5. The van der Waals surface area contributed by atoms with Crippen molar-refractivity contribution in [1.29, 1.82) is 0 Å². The van der Waals surface area contributed by atoms with E-state index in [0.29, 0.717) is 13.0 Å². The van der Waals surface area contributed by atoms with Crippen LogP contribution in [0, 0.1) is 0 Å². The SMILES string of the molecule is O=C(OCCc1cccc2ccccc12)N1CCC[C@@H]2[C@H]1CCN2c1ncnc2[nH]ccc12. The molecule has 7 heteroatoms. The summed E-state index contributed by atoms with van der Waals surface area (Å²) in [4.78, 5) is 29.5. The van der Waals surface area contributed by atoms with Crippen LogP contribution in [-0.4, -0.2) is 57.7 Å². The molecule has 2 fully saturated rings. The highest BCUT2D eigenvalue weighted by atomic mass is 16.6. The molecular formula is C26H27N5O2. The van der Waals surface area contributed by atoms with Crippen molar-refractivity contribution in [2.24, 2.45) is 0 Å². The highest BCUT2D eigenvalue weighted by molar-refractivity contribution is 5.88. The summed E-state index contributed by atoms with van der Waals surface area (Å²) in [5, 5.41) is 3.47. The number of likely N-dealkylation sites (tertiary alicyclic amines) is 1. The molecule has 1 N–H and O–H groups in total. The Morgan fingerprint density at radius 2 is 1.91 bits per heavy atom. The average molecular weight is 442 g/mol. The van der Waals surface area contributed by atoms with Crippen LogP contribution in [-0.2, 0) is 11.2 Å². The molecule has 0 radical (unpaired) electrons. The summed E-state index contributed by atoms with van der Waals surface area (Å²) in [6.07, 6.45) is 6.99. The topological polar surface area (TPSA) is 74.3 Å². The second-order valence-corrected chi connectivity index (χ2v) is 8.89. The first-order chi connectivity index (χ1) is 16.3. The molecule has 0 spiro atoms. The Kier molecular flexibility index (Phi) is 5.09. The molecule has 168 valence electrons. The van der Waals surface area contributed by atoms with Crippen LogP contribution in [0.1, 0.15) is 24.8 Å². The number of piperidine rings is 1. The molecular weight excluding hydrogens is 414 g/mol. The number of nitrogens with zero attached hydrogens (tertiary/aromatic N) is 4. The molecule has 0 unspecified atom stereocenters. The van der Waals surface area contributed by atoms with Gasteiger partial charge in [0.2, 0.25) is 0 Å². The Hall–Kier alpha value is -3.61. The van der Waals surface area contributed by atoms with Crippen LogP contribution in [0.3, 0.4) is 0 Å². The van der Waals surface area contributed by atoms with Gasteiger partial charge in [0, 0.05) is 25.7 Å². The Bertz CT molecular complexity index is 1300. The molecule has 4 heterocycles. The minimum absolute atomic E-state index is 0.160. The number of hydrogen-bond donors (Lipinski definition) is 1. The second kappa shape index (κ2) is 8.39. The summed E-state index contributed by atoms with van der Waals surface area (Å²) in [6, 6.07) is 17.1. The molecule has 33 heavy (non-hydrogen) atoms. The lowest BCUT2D eigenvalue weighted by atomic mass is 9.97. The fraction of sp³-hybridized carbons (Fsp3) is 0.346. The van der Waals surface area contributed by atoms with Gasteiger partial charge in [-0.2, -0.15) is 0 Å². The van der Waals surface area contributed by atoms with Crippen molar-refractivity contribution in [3.63, 3.8) is 0 Å². The van der Waals surface area contributed by atoms with E-state index in [-0.39, 0.29) is 18.2 Å². The number of carbonyl (C=O) groups excluding carboxylic acids is 1. The van der Waals surface area contributed by atoms with Crippen LogP contribution in [0.2, 0.25) is 0 Å². The molecule has 0 bridgehead atoms. The fourth-order valence-corrected chi connectivity index (χ4v) is 5.60. The van der Waals surface area contributed by atoms with Gasteiger partial charge in [-0.3, -0.25) is 0 Å². The van der Waals surface area contributed by atoms with Crippen LogP contribution in [0.15, 0.2) is 61.1 Å². The van der Waals surface area contributed by atoms with E-state index in [1.165, 1.54) is 16.3 Å². The number of amides is 1. The number of H-pyrrole nitrogens is 1.